The molecule has 0 N–H and O–H groups in total. The lowest BCUT2D eigenvalue weighted by Crippen LogP contribution is -2.35. The molecule has 1 saturated heterocycles. The number of aryl methyl sites for hydroxylation is 2. The minimum atomic E-state index is 0.464. The molecule has 2 fully saturated rings. The highest BCUT2D eigenvalue weighted by Gasteiger charge is 2.47. The van der Waals surface area contributed by atoms with Gasteiger partial charge in [0.05, 0.1) is 12.7 Å². The Hall–Kier alpha value is -0.900. The summed E-state index contributed by atoms with van der Waals surface area (Å²) in [4.78, 5) is 4.85. The van der Waals surface area contributed by atoms with E-state index >= 15 is 0 Å². The molecule has 2 bridgehead atoms. The standard InChI is InChI=1S/C19H30N2O/c1-14-5-6-16(11-15(14)2)12-21-13-17-7-8-18(21)19(17)22-10-9-20(3)4/h5-6,11,17-19H,7-10,12-13H2,1-4H3/t17-,18+,19+/m1/s1. The van der Waals surface area contributed by atoms with E-state index in [1.54, 1.807) is 0 Å². The van der Waals surface area contributed by atoms with Gasteiger partial charge in [0.25, 0.3) is 0 Å². The second kappa shape index (κ2) is 6.69. The number of fused-ring (bicyclic) bond motifs is 2. The van der Waals surface area contributed by atoms with Gasteiger partial charge in [-0.25, -0.2) is 0 Å². The summed E-state index contributed by atoms with van der Waals surface area (Å²) in [6.07, 6.45) is 3.12. The first-order chi connectivity index (χ1) is 10.5. The van der Waals surface area contributed by atoms with E-state index in [9.17, 15) is 0 Å². The van der Waals surface area contributed by atoms with Gasteiger partial charge in [-0.05, 0) is 63.4 Å². The van der Waals surface area contributed by atoms with E-state index in [1.807, 2.05) is 0 Å². The van der Waals surface area contributed by atoms with E-state index in [0.717, 1.165) is 25.6 Å². The zero-order valence-electron chi connectivity index (χ0n) is 14.5. The zero-order chi connectivity index (χ0) is 15.7. The van der Waals surface area contributed by atoms with Crippen LogP contribution in [0.2, 0.25) is 0 Å². The Bertz CT molecular complexity index is 514. The van der Waals surface area contributed by atoms with Crippen LogP contribution in [0.25, 0.3) is 0 Å². The summed E-state index contributed by atoms with van der Waals surface area (Å²) in [7, 11) is 4.22. The second-order valence-electron chi connectivity index (χ2n) is 7.39. The van der Waals surface area contributed by atoms with Crippen molar-refractivity contribution < 1.29 is 4.74 Å². The van der Waals surface area contributed by atoms with E-state index < -0.39 is 0 Å². The van der Waals surface area contributed by atoms with Crippen LogP contribution in [0, 0.1) is 19.8 Å². The molecule has 3 rings (SSSR count). The number of hydrogen-bond acceptors (Lipinski definition) is 3. The lowest BCUT2D eigenvalue weighted by Gasteiger charge is -2.27. The van der Waals surface area contributed by atoms with E-state index in [1.165, 1.54) is 36.1 Å². The minimum Gasteiger partial charge on any atom is -0.375 e. The quantitative estimate of drug-likeness (QED) is 0.803. The molecule has 3 atom stereocenters. The van der Waals surface area contributed by atoms with Crippen LogP contribution in [0.1, 0.15) is 29.5 Å². The Morgan fingerprint density at radius 1 is 1.18 bits per heavy atom. The summed E-state index contributed by atoms with van der Waals surface area (Å²) in [6, 6.07) is 7.53. The Balaban J connectivity index is 1.58. The molecule has 22 heavy (non-hydrogen) atoms. The van der Waals surface area contributed by atoms with E-state index in [-0.39, 0.29) is 0 Å². The highest BCUT2D eigenvalue weighted by Crippen LogP contribution is 2.40. The number of likely N-dealkylation sites (tertiary alicyclic amines) is 1. The van der Waals surface area contributed by atoms with Crippen LogP contribution in [0.4, 0.5) is 0 Å². The summed E-state index contributed by atoms with van der Waals surface area (Å²) < 4.78 is 6.23. The maximum atomic E-state index is 6.23. The number of ether oxygens (including phenoxy) is 1. The van der Waals surface area contributed by atoms with Gasteiger partial charge in [-0.3, -0.25) is 4.90 Å². The largest absolute Gasteiger partial charge is 0.375 e. The predicted molar refractivity (Wildman–Crippen MR) is 91.1 cm³/mol. The van der Waals surface area contributed by atoms with Crippen LogP contribution in [-0.4, -0.2) is 55.7 Å². The van der Waals surface area contributed by atoms with Gasteiger partial charge in [-0.2, -0.15) is 0 Å². The molecule has 122 valence electrons. The molecule has 1 aromatic rings. The average Bonchev–Trinajstić information content (AvgIpc) is 2.99. The normalized spacial score (nSPS) is 28.0. The fraction of sp³-hybridized carbons (Fsp3) is 0.684. The molecule has 1 aliphatic carbocycles. The number of benzene rings is 1. The van der Waals surface area contributed by atoms with Crippen molar-refractivity contribution in [2.75, 3.05) is 33.8 Å². The fourth-order valence-corrected chi connectivity index (χ4v) is 3.99. The average molecular weight is 302 g/mol. The van der Waals surface area contributed by atoms with Gasteiger partial charge in [0.15, 0.2) is 0 Å². The molecule has 0 amide bonds. The van der Waals surface area contributed by atoms with Crippen LogP contribution in [-0.2, 0) is 11.3 Å². The molecule has 2 aliphatic rings. The molecule has 1 saturated carbocycles. The second-order valence-corrected chi connectivity index (χ2v) is 7.39. The third-order valence-electron chi connectivity index (χ3n) is 5.42. The number of likely N-dealkylation sites (N-methyl/N-ethyl adjacent to an activating group) is 1. The third kappa shape index (κ3) is 3.37. The van der Waals surface area contributed by atoms with Crippen molar-refractivity contribution in [3.63, 3.8) is 0 Å². The van der Waals surface area contributed by atoms with Crippen LogP contribution in [0.3, 0.4) is 0 Å². The van der Waals surface area contributed by atoms with Crippen LogP contribution in [0.15, 0.2) is 18.2 Å². The van der Waals surface area contributed by atoms with Gasteiger partial charge in [-0.15, -0.1) is 0 Å². The van der Waals surface area contributed by atoms with Crippen molar-refractivity contribution in [1.29, 1.82) is 0 Å². The maximum absolute atomic E-state index is 6.23. The van der Waals surface area contributed by atoms with Crippen LogP contribution >= 0.6 is 0 Å². The highest BCUT2D eigenvalue weighted by molar-refractivity contribution is 5.30. The van der Waals surface area contributed by atoms with Crippen molar-refractivity contribution in [2.45, 2.75) is 45.4 Å². The molecule has 1 heterocycles. The van der Waals surface area contributed by atoms with Crippen LogP contribution in [0.5, 0.6) is 0 Å². The van der Waals surface area contributed by atoms with E-state index in [0.29, 0.717) is 12.1 Å². The molecule has 0 unspecified atom stereocenters. The van der Waals surface area contributed by atoms with Gasteiger partial charge < -0.3 is 9.64 Å². The summed E-state index contributed by atoms with van der Waals surface area (Å²) >= 11 is 0. The maximum Gasteiger partial charge on any atom is 0.0771 e. The molecular formula is C19H30N2O. The lowest BCUT2D eigenvalue weighted by molar-refractivity contribution is 0.0199. The van der Waals surface area contributed by atoms with Crippen molar-refractivity contribution in [3.8, 4) is 0 Å². The number of nitrogens with zero attached hydrogens (tertiary/aromatic N) is 2. The molecule has 3 nitrogen and oxygen atoms in total. The smallest absolute Gasteiger partial charge is 0.0771 e. The number of piperidine rings is 1. The van der Waals surface area contributed by atoms with Gasteiger partial charge in [0.2, 0.25) is 0 Å². The van der Waals surface area contributed by atoms with Crippen molar-refractivity contribution in [1.82, 2.24) is 9.80 Å². The predicted octanol–water partition coefficient (Wildman–Crippen LogP) is 2.84. The third-order valence-corrected chi connectivity index (χ3v) is 5.42. The first-order valence-corrected chi connectivity index (χ1v) is 8.61. The highest BCUT2D eigenvalue weighted by atomic mass is 16.5. The van der Waals surface area contributed by atoms with E-state index in [2.05, 4.69) is 55.9 Å². The molecule has 1 aliphatic heterocycles. The Morgan fingerprint density at radius 3 is 2.73 bits per heavy atom. The zero-order valence-corrected chi connectivity index (χ0v) is 14.5. The summed E-state index contributed by atoms with van der Waals surface area (Å²) in [5.41, 5.74) is 4.24. The monoisotopic (exact) mass is 302 g/mol. The molecule has 3 heteroatoms. The molecule has 0 radical (unpaired) electrons. The minimum absolute atomic E-state index is 0.464. The fourth-order valence-electron chi connectivity index (χ4n) is 3.99. The van der Waals surface area contributed by atoms with Gasteiger partial charge in [0.1, 0.15) is 0 Å². The number of hydrogen-bond donors (Lipinski definition) is 0. The Labute approximate surface area is 135 Å². The summed E-state index contributed by atoms with van der Waals surface area (Å²) in [5.74, 6) is 0.749. The molecular weight excluding hydrogens is 272 g/mol. The Morgan fingerprint density at radius 2 is 2.00 bits per heavy atom. The summed E-state index contributed by atoms with van der Waals surface area (Å²) in [5, 5.41) is 0. The topological polar surface area (TPSA) is 15.7 Å². The first kappa shape index (κ1) is 16.0. The molecule has 0 aromatic heterocycles. The van der Waals surface area contributed by atoms with Gasteiger partial charge in [0, 0.05) is 25.7 Å². The van der Waals surface area contributed by atoms with Crippen molar-refractivity contribution in [3.05, 3.63) is 34.9 Å². The molecule has 1 aromatic carbocycles. The lowest BCUT2D eigenvalue weighted by atomic mass is 10.0. The Kier molecular flexibility index (Phi) is 4.86. The molecule has 0 spiro atoms. The van der Waals surface area contributed by atoms with Gasteiger partial charge >= 0.3 is 0 Å². The SMILES string of the molecule is Cc1ccc(CN2C[C@H]3CC[C@H]2[C@H]3OCCN(C)C)cc1C. The van der Waals surface area contributed by atoms with Crippen molar-refractivity contribution in [2.24, 2.45) is 5.92 Å². The van der Waals surface area contributed by atoms with E-state index in [4.69, 9.17) is 4.74 Å². The van der Waals surface area contributed by atoms with Crippen LogP contribution < -0.4 is 0 Å². The summed E-state index contributed by atoms with van der Waals surface area (Å²) in [6.45, 7) is 8.57. The van der Waals surface area contributed by atoms with Gasteiger partial charge in [-0.1, -0.05) is 18.2 Å². The number of rotatable bonds is 6. The van der Waals surface area contributed by atoms with Crippen molar-refractivity contribution >= 4 is 0 Å². The first-order valence-electron chi connectivity index (χ1n) is 8.61.